The Morgan fingerprint density at radius 2 is 2.21 bits per heavy atom. The molecule has 4 nitrogen and oxygen atoms in total. The van der Waals surface area contributed by atoms with Crippen LogP contribution in [0.25, 0.3) is 0 Å². The molecule has 0 saturated carbocycles. The lowest BCUT2D eigenvalue weighted by atomic mass is 10.2. The van der Waals surface area contributed by atoms with Crippen molar-refractivity contribution in [1.29, 1.82) is 0 Å². The van der Waals surface area contributed by atoms with E-state index < -0.39 is 0 Å². The normalized spacial score (nSPS) is 10.8. The topological polar surface area (TPSA) is 47.3 Å². The van der Waals surface area contributed by atoms with E-state index in [4.69, 9.17) is 9.26 Å². The highest BCUT2D eigenvalue weighted by Crippen LogP contribution is 2.12. The Morgan fingerprint density at radius 3 is 2.79 bits per heavy atom. The molecule has 0 bridgehead atoms. The van der Waals surface area contributed by atoms with E-state index in [2.05, 4.69) is 17.4 Å². The third-order valence-electron chi connectivity index (χ3n) is 2.10. The fraction of sp³-hybridized carbons (Fsp3) is 0.700. The zero-order valence-electron chi connectivity index (χ0n) is 9.09. The van der Waals surface area contributed by atoms with Crippen LogP contribution in [-0.2, 0) is 11.3 Å². The first-order chi connectivity index (χ1) is 6.75. The summed E-state index contributed by atoms with van der Waals surface area (Å²) in [6.45, 7) is 9.09. The van der Waals surface area contributed by atoms with Gasteiger partial charge in [0.25, 0.3) is 0 Å². The third kappa shape index (κ3) is 3.12. The van der Waals surface area contributed by atoms with Gasteiger partial charge in [0.05, 0.1) is 18.9 Å². The zero-order chi connectivity index (χ0) is 10.4. The van der Waals surface area contributed by atoms with Crippen molar-refractivity contribution < 1.29 is 9.26 Å². The molecule has 0 saturated heterocycles. The molecule has 1 N–H and O–H groups in total. The smallest absolute Gasteiger partial charge is 0.139 e. The van der Waals surface area contributed by atoms with Crippen LogP contribution in [0.4, 0.5) is 0 Å². The SMILES string of the molecule is CCNCCOCc1c(C)noc1C. The van der Waals surface area contributed by atoms with Crippen molar-refractivity contribution in [2.24, 2.45) is 0 Å². The maximum absolute atomic E-state index is 5.48. The standard InChI is InChI=1S/C10H18N2O2/c1-4-11-5-6-13-7-10-8(2)12-14-9(10)3/h11H,4-7H2,1-3H3. The largest absolute Gasteiger partial charge is 0.375 e. The second-order valence-corrected chi connectivity index (χ2v) is 3.21. The molecule has 0 spiro atoms. The van der Waals surface area contributed by atoms with Crippen LogP contribution in [-0.4, -0.2) is 24.9 Å². The van der Waals surface area contributed by atoms with Crippen molar-refractivity contribution in [3.8, 4) is 0 Å². The third-order valence-corrected chi connectivity index (χ3v) is 2.10. The van der Waals surface area contributed by atoms with Crippen molar-refractivity contribution in [3.05, 3.63) is 17.0 Å². The predicted octanol–water partition coefficient (Wildman–Crippen LogP) is 1.42. The maximum atomic E-state index is 5.48. The molecule has 80 valence electrons. The van der Waals surface area contributed by atoms with E-state index in [9.17, 15) is 0 Å². The number of aryl methyl sites for hydroxylation is 2. The van der Waals surface area contributed by atoms with Gasteiger partial charge in [-0.1, -0.05) is 12.1 Å². The average molecular weight is 198 g/mol. The Hall–Kier alpha value is -0.870. The highest BCUT2D eigenvalue weighted by Gasteiger charge is 2.07. The molecule has 1 aromatic rings. The first-order valence-corrected chi connectivity index (χ1v) is 4.96. The molecule has 0 aliphatic rings. The summed E-state index contributed by atoms with van der Waals surface area (Å²) >= 11 is 0. The number of hydrogen-bond donors (Lipinski definition) is 1. The molecule has 0 amide bonds. The molecular weight excluding hydrogens is 180 g/mol. The summed E-state index contributed by atoms with van der Waals surface area (Å²) in [4.78, 5) is 0. The minimum atomic E-state index is 0.590. The van der Waals surface area contributed by atoms with Gasteiger partial charge in [0, 0.05) is 12.1 Å². The van der Waals surface area contributed by atoms with E-state index in [1.165, 1.54) is 0 Å². The summed E-state index contributed by atoms with van der Waals surface area (Å²) in [6.07, 6.45) is 0. The lowest BCUT2D eigenvalue weighted by molar-refractivity contribution is 0.122. The molecular formula is C10H18N2O2. The summed E-state index contributed by atoms with van der Waals surface area (Å²) in [6, 6.07) is 0. The molecule has 0 atom stereocenters. The van der Waals surface area contributed by atoms with Gasteiger partial charge in [-0.3, -0.25) is 0 Å². The maximum Gasteiger partial charge on any atom is 0.139 e. The number of likely N-dealkylation sites (N-methyl/N-ethyl adjacent to an activating group) is 1. The lowest BCUT2D eigenvalue weighted by Crippen LogP contribution is -2.18. The lowest BCUT2D eigenvalue weighted by Gasteiger charge is -2.03. The highest BCUT2D eigenvalue weighted by atomic mass is 16.5. The van der Waals surface area contributed by atoms with Crippen LogP contribution in [0.3, 0.4) is 0 Å². The van der Waals surface area contributed by atoms with Crippen LogP contribution in [0.5, 0.6) is 0 Å². The molecule has 1 rings (SSSR count). The van der Waals surface area contributed by atoms with Gasteiger partial charge in [-0.05, 0) is 20.4 Å². The second kappa shape index (κ2) is 5.78. The Labute approximate surface area is 84.6 Å². The number of nitrogens with one attached hydrogen (secondary N) is 1. The van der Waals surface area contributed by atoms with Crippen molar-refractivity contribution >= 4 is 0 Å². The molecule has 14 heavy (non-hydrogen) atoms. The molecule has 1 aromatic heterocycles. The second-order valence-electron chi connectivity index (χ2n) is 3.21. The van der Waals surface area contributed by atoms with Gasteiger partial charge >= 0.3 is 0 Å². The van der Waals surface area contributed by atoms with Gasteiger partial charge in [-0.2, -0.15) is 0 Å². The Balaban J connectivity index is 2.24. The molecule has 0 fully saturated rings. The first kappa shape index (κ1) is 11.2. The molecule has 0 aliphatic carbocycles. The van der Waals surface area contributed by atoms with Gasteiger partial charge in [0.2, 0.25) is 0 Å². The van der Waals surface area contributed by atoms with Crippen LogP contribution < -0.4 is 5.32 Å². The number of aromatic nitrogens is 1. The van der Waals surface area contributed by atoms with Gasteiger partial charge in [0.1, 0.15) is 5.76 Å². The van der Waals surface area contributed by atoms with E-state index >= 15 is 0 Å². The van der Waals surface area contributed by atoms with E-state index in [1.807, 2.05) is 13.8 Å². The van der Waals surface area contributed by atoms with Gasteiger partial charge < -0.3 is 14.6 Å². The monoisotopic (exact) mass is 198 g/mol. The summed E-state index contributed by atoms with van der Waals surface area (Å²) < 4.78 is 10.5. The minimum Gasteiger partial charge on any atom is -0.375 e. The van der Waals surface area contributed by atoms with Crippen LogP contribution in [0, 0.1) is 13.8 Å². The predicted molar refractivity (Wildman–Crippen MR) is 54.2 cm³/mol. The molecule has 0 radical (unpaired) electrons. The Kier molecular flexibility index (Phi) is 4.62. The highest BCUT2D eigenvalue weighted by molar-refractivity contribution is 5.19. The number of ether oxygens (including phenoxy) is 1. The number of nitrogens with zero attached hydrogens (tertiary/aromatic N) is 1. The van der Waals surface area contributed by atoms with Gasteiger partial charge in [0.15, 0.2) is 0 Å². The Morgan fingerprint density at radius 1 is 1.43 bits per heavy atom. The number of rotatable bonds is 6. The minimum absolute atomic E-state index is 0.590. The van der Waals surface area contributed by atoms with Gasteiger partial charge in [-0.15, -0.1) is 0 Å². The van der Waals surface area contributed by atoms with Crippen molar-refractivity contribution in [1.82, 2.24) is 10.5 Å². The van der Waals surface area contributed by atoms with E-state index in [0.717, 1.165) is 36.7 Å². The summed E-state index contributed by atoms with van der Waals surface area (Å²) in [5, 5.41) is 7.05. The van der Waals surface area contributed by atoms with E-state index in [0.29, 0.717) is 6.61 Å². The zero-order valence-corrected chi connectivity index (χ0v) is 9.09. The average Bonchev–Trinajstić information content (AvgIpc) is 2.48. The first-order valence-electron chi connectivity index (χ1n) is 4.96. The fourth-order valence-electron chi connectivity index (χ4n) is 1.20. The summed E-state index contributed by atoms with van der Waals surface area (Å²) in [5.74, 6) is 0.853. The summed E-state index contributed by atoms with van der Waals surface area (Å²) in [7, 11) is 0. The van der Waals surface area contributed by atoms with Crippen LogP contribution in [0.2, 0.25) is 0 Å². The molecule has 4 heteroatoms. The van der Waals surface area contributed by atoms with Crippen LogP contribution in [0.1, 0.15) is 23.9 Å². The van der Waals surface area contributed by atoms with E-state index in [-0.39, 0.29) is 0 Å². The molecule has 1 heterocycles. The van der Waals surface area contributed by atoms with Crippen molar-refractivity contribution in [2.75, 3.05) is 19.7 Å². The Bertz CT molecular complexity index is 252. The van der Waals surface area contributed by atoms with Crippen LogP contribution >= 0.6 is 0 Å². The van der Waals surface area contributed by atoms with Crippen LogP contribution in [0.15, 0.2) is 4.52 Å². The molecule has 0 unspecified atom stereocenters. The van der Waals surface area contributed by atoms with Gasteiger partial charge in [-0.25, -0.2) is 0 Å². The van der Waals surface area contributed by atoms with Crippen molar-refractivity contribution in [2.45, 2.75) is 27.4 Å². The number of hydrogen-bond acceptors (Lipinski definition) is 4. The molecule has 0 aromatic carbocycles. The van der Waals surface area contributed by atoms with E-state index in [1.54, 1.807) is 0 Å². The summed E-state index contributed by atoms with van der Waals surface area (Å²) in [5.41, 5.74) is 1.99. The molecule has 0 aliphatic heterocycles. The quantitative estimate of drug-likeness (QED) is 0.702. The fourth-order valence-corrected chi connectivity index (χ4v) is 1.20. The van der Waals surface area contributed by atoms with Crippen molar-refractivity contribution in [3.63, 3.8) is 0 Å².